The van der Waals surface area contributed by atoms with Crippen LogP contribution < -0.4 is 9.47 Å². The van der Waals surface area contributed by atoms with Crippen LogP contribution in [0, 0.1) is 0 Å². The number of benzene rings is 3. The van der Waals surface area contributed by atoms with Crippen LogP contribution in [-0.2, 0) is 21.0 Å². The van der Waals surface area contributed by atoms with Crippen LogP contribution in [-0.4, -0.2) is 27.9 Å². The Hall–Kier alpha value is -3.79. The molecule has 0 fully saturated rings. The highest BCUT2D eigenvalue weighted by Gasteiger charge is 2.31. The van der Waals surface area contributed by atoms with Crippen LogP contribution >= 0.6 is 0 Å². The van der Waals surface area contributed by atoms with Gasteiger partial charge in [-0.25, -0.2) is 13.2 Å². The second-order valence-corrected chi connectivity index (χ2v) is 9.07. The number of aryl methyl sites for hydroxylation is 1. The highest BCUT2D eigenvalue weighted by molar-refractivity contribution is 7.94. The number of halogens is 3. The van der Waals surface area contributed by atoms with E-state index in [0.717, 1.165) is 23.1 Å². The molecule has 0 aliphatic heterocycles. The maximum atomic E-state index is 12.5. The third-order valence-corrected chi connectivity index (χ3v) is 6.18. The van der Waals surface area contributed by atoms with Gasteiger partial charge in [0.1, 0.15) is 17.2 Å². The summed E-state index contributed by atoms with van der Waals surface area (Å²) < 4.78 is 75.7. The first-order valence-corrected chi connectivity index (χ1v) is 11.8. The third kappa shape index (κ3) is 7.89. The smallest absolute Gasteiger partial charge is 0.465 e. The van der Waals surface area contributed by atoms with Crippen molar-refractivity contribution in [1.82, 2.24) is 0 Å². The van der Waals surface area contributed by atoms with Crippen LogP contribution in [0.1, 0.15) is 22.3 Å². The summed E-state index contributed by atoms with van der Waals surface area (Å²) in [5.74, 6) is -0.230. The predicted octanol–water partition coefficient (Wildman–Crippen LogP) is 6.08. The molecule has 0 saturated carbocycles. The van der Waals surface area contributed by atoms with E-state index in [1.807, 2.05) is 0 Å². The van der Waals surface area contributed by atoms with Crippen LogP contribution in [0.4, 0.5) is 13.2 Å². The molecule has 3 aromatic carbocycles. The Morgan fingerprint density at radius 1 is 0.857 bits per heavy atom. The van der Waals surface area contributed by atoms with Crippen molar-refractivity contribution < 1.29 is 40.6 Å². The predicted molar refractivity (Wildman–Crippen MR) is 122 cm³/mol. The molecule has 0 unspecified atom stereocenters. The molecule has 0 amide bonds. The van der Waals surface area contributed by atoms with E-state index in [4.69, 9.17) is 4.74 Å². The van der Waals surface area contributed by atoms with Gasteiger partial charge in [-0.05, 0) is 79.1 Å². The number of rotatable bonds is 9. The largest absolute Gasteiger partial charge is 0.573 e. The molecule has 0 atom stereocenters. The molecule has 3 rings (SSSR count). The van der Waals surface area contributed by atoms with E-state index in [1.165, 1.54) is 43.5 Å². The molecule has 3 aromatic rings. The van der Waals surface area contributed by atoms with Crippen molar-refractivity contribution in [3.8, 4) is 17.2 Å². The molecule has 10 heteroatoms. The number of ether oxygens (including phenoxy) is 3. The number of allylic oxidation sites excluding steroid dienone is 1. The molecule has 0 N–H and O–H groups in total. The standard InChI is InChI=1S/C25H21F3O6S/c1-32-24(29)19-7-5-18(6-8-19)4-2-3-17-35(30,31)23-15-13-21(14-16-23)33-20-9-11-22(12-10-20)34-25(26,27)28/h3,5-17H,2,4H2,1H3/b17-3+. The van der Waals surface area contributed by atoms with Gasteiger partial charge in [0.05, 0.1) is 17.6 Å². The van der Waals surface area contributed by atoms with E-state index in [2.05, 4.69) is 9.47 Å². The molecule has 0 radical (unpaired) electrons. The van der Waals surface area contributed by atoms with Gasteiger partial charge >= 0.3 is 12.3 Å². The molecule has 0 spiro atoms. The van der Waals surface area contributed by atoms with Crippen LogP contribution in [0.15, 0.2) is 89.2 Å². The van der Waals surface area contributed by atoms with Crippen molar-refractivity contribution in [3.05, 3.63) is 95.4 Å². The second-order valence-electron chi connectivity index (χ2n) is 7.24. The summed E-state index contributed by atoms with van der Waals surface area (Å²) >= 11 is 0. The van der Waals surface area contributed by atoms with E-state index >= 15 is 0 Å². The van der Waals surface area contributed by atoms with Gasteiger partial charge in [0, 0.05) is 5.41 Å². The van der Waals surface area contributed by atoms with Gasteiger partial charge in [0.25, 0.3) is 0 Å². The number of hydrogen-bond acceptors (Lipinski definition) is 6. The minimum Gasteiger partial charge on any atom is -0.465 e. The average Bonchev–Trinajstić information content (AvgIpc) is 2.82. The van der Waals surface area contributed by atoms with Gasteiger partial charge < -0.3 is 14.2 Å². The summed E-state index contributed by atoms with van der Waals surface area (Å²) in [6, 6.07) is 17.3. The summed E-state index contributed by atoms with van der Waals surface area (Å²) in [5, 5.41) is 1.13. The van der Waals surface area contributed by atoms with Crippen LogP contribution in [0.25, 0.3) is 0 Å². The van der Waals surface area contributed by atoms with E-state index in [0.29, 0.717) is 24.2 Å². The van der Waals surface area contributed by atoms with E-state index in [9.17, 15) is 26.4 Å². The molecular weight excluding hydrogens is 485 g/mol. The molecule has 0 heterocycles. The Balaban J connectivity index is 1.55. The first-order valence-electron chi connectivity index (χ1n) is 10.3. The first-order chi connectivity index (χ1) is 16.6. The lowest BCUT2D eigenvalue weighted by Crippen LogP contribution is -2.16. The van der Waals surface area contributed by atoms with Crippen molar-refractivity contribution in [2.24, 2.45) is 0 Å². The summed E-state index contributed by atoms with van der Waals surface area (Å²) in [6.45, 7) is 0. The quantitative estimate of drug-likeness (QED) is 0.327. The number of carbonyl (C=O) groups excluding carboxylic acids is 1. The Morgan fingerprint density at radius 3 is 1.94 bits per heavy atom. The second kappa shape index (κ2) is 11.1. The Labute approximate surface area is 200 Å². The summed E-state index contributed by atoms with van der Waals surface area (Å²) in [7, 11) is -2.36. The molecule has 35 heavy (non-hydrogen) atoms. The fourth-order valence-electron chi connectivity index (χ4n) is 2.99. The van der Waals surface area contributed by atoms with E-state index in [1.54, 1.807) is 30.3 Å². The zero-order chi connectivity index (χ0) is 25.5. The fraction of sp³-hybridized carbons (Fsp3) is 0.160. The van der Waals surface area contributed by atoms with Crippen LogP contribution in [0.2, 0.25) is 0 Å². The van der Waals surface area contributed by atoms with Crippen molar-refractivity contribution in [1.29, 1.82) is 0 Å². The highest BCUT2D eigenvalue weighted by Crippen LogP contribution is 2.28. The minimum absolute atomic E-state index is 0.0671. The lowest BCUT2D eigenvalue weighted by atomic mass is 10.1. The van der Waals surface area contributed by atoms with Gasteiger partial charge in [-0.15, -0.1) is 13.2 Å². The van der Waals surface area contributed by atoms with E-state index < -0.39 is 22.2 Å². The van der Waals surface area contributed by atoms with Gasteiger partial charge in [0.2, 0.25) is 0 Å². The fourth-order valence-corrected chi connectivity index (χ4v) is 4.05. The molecule has 0 saturated heterocycles. The molecule has 0 aromatic heterocycles. The van der Waals surface area contributed by atoms with E-state index in [-0.39, 0.29) is 16.4 Å². The first kappa shape index (κ1) is 25.8. The lowest BCUT2D eigenvalue weighted by Gasteiger charge is -2.10. The Kier molecular flexibility index (Phi) is 8.18. The summed E-state index contributed by atoms with van der Waals surface area (Å²) in [6.07, 6.45) is -2.16. The zero-order valence-electron chi connectivity index (χ0n) is 18.5. The van der Waals surface area contributed by atoms with Crippen LogP contribution in [0.5, 0.6) is 17.2 Å². The van der Waals surface area contributed by atoms with Crippen molar-refractivity contribution in [2.75, 3.05) is 7.11 Å². The Bertz CT molecular complexity index is 1260. The monoisotopic (exact) mass is 506 g/mol. The summed E-state index contributed by atoms with van der Waals surface area (Å²) in [4.78, 5) is 11.5. The maximum absolute atomic E-state index is 12.5. The molecule has 6 nitrogen and oxygen atoms in total. The van der Waals surface area contributed by atoms with Gasteiger partial charge in [0.15, 0.2) is 9.84 Å². The van der Waals surface area contributed by atoms with Crippen molar-refractivity contribution in [3.63, 3.8) is 0 Å². The maximum Gasteiger partial charge on any atom is 0.573 e. The Morgan fingerprint density at radius 2 is 1.40 bits per heavy atom. The highest BCUT2D eigenvalue weighted by atomic mass is 32.2. The van der Waals surface area contributed by atoms with Gasteiger partial charge in [-0.3, -0.25) is 0 Å². The number of alkyl halides is 3. The summed E-state index contributed by atoms with van der Waals surface area (Å²) in [5.41, 5.74) is 1.38. The third-order valence-electron chi connectivity index (χ3n) is 4.70. The van der Waals surface area contributed by atoms with Crippen molar-refractivity contribution >= 4 is 15.8 Å². The molecule has 184 valence electrons. The number of carbonyl (C=O) groups is 1. The number of sulfone groups is 1. The molecule has 0 aliphatic rings. The molecular formula is C25H21F3O6S. The molecule has 0 bridgehead atoms. The van der Waals surface area contributed by atoms with Gasteiger partial charge in [-0.1, -0.05) is 18.2 Å². The number of hydrogen-bond donors (Lipinski definition) is 0. The van der Waals surface area contributed by atoms with Crippen LogP contribution in [0.3, 0.4) is 0 Å². The molecule has 0 aliphatic carbocycles. The van der Waals surface area contributed by atoms with Gasteiger partial charge in [-0.2, -0.15) is 0 Å². The topological polar surface area (TPSA) is 78.9 Å². The number of esters is 1. The number of methoxy groups -OCH3 is 1. The lowest BCUT2D eigenvalue weighted by molar-refractivity contribution is -0.274. The van der Waals surface area contributed by atoms with Crippen molar-refractivity contribution in [2.45, 2.75) is 24.1 Å². The average molecular weight is 506 g/mol. The zero-order valence-corrected chi connectivity index (χ0v) is 19.3. The minimum atomic E-state index is -4.78. The SMILES string of the molecule is COC(=O)c1ccc(CC/C=C/S(=O)(=O)c2ccc(Oc3ccc(OC(F)(F)F)cc3)cc2)cc1. The normalized spacial score (nSPS) is 11.9.